The van der Waals surface area contributed by atoms with Crippen LogP contribution in [0.4, 0.5) is 5.82 Å². The summed E-state index contributed by atoms with van der Waals surface area (Å²) >= 11 is 1.31. The van der Waals surface area contributed by atoms with Gasteiger partial charge in [0.05, 0.1) is 21.3 Å². The number of aromatic nitrogens is 4. The van der Waals surface area contributed by atoms with Crippen molar-refractivity contribution in [3.63, 3.8) is 0 Å². The standard InChI is InChI=1S/C28H30N6O6S2/c35-24(18-41-28-30-23-13-7-6-12-22(23)25(31-28)29-19-8-4-5-9-19)33-16-14-20(15-17-33)39-26-27(34(36)40-32-26)42(37,38)21-10-2-1-3-11-21/h1-3,6-7,10-13,19-20H,4-5,8-9,14-18H2,(H,29,30,31). The first-order valence-electron chi connectivity index (χ1n) is 13.9. The minimum Gasteiger partial charge on any atom is -0.451 e. The second-order valence-corrected chi connectivity index (χ2v) is 13.1. The predicted octanol–water partition coefficient (Wildman–Crippen LogP) is 3.60. The van der Waals surface area contributed by atoms with E-state index in [9.17, 15) is 18.4 Å². The van der Waals surface area contributed by atoms with Crippen molar-refractivity contribution in [2.45, 2.75) is 65.7 Å². The molecule has 1 N–H and O–H groups in total. The number of carbonyl (C=O) groups excluding carboxylic acids is 1. The van der Waals surface area contributed by atoms with Crippen molar-refractivity contribution < 1.29 is 27.5 Å². The molecule has 0 spiro atoms. The highest BCUT2D eigenvalue weighted by atomic mass is 32.2. The molecule has 1 aliphatic heterocycles. The molecule has 2 aliphatic rings. The molecule has 0 radical (unpaired) electrons. The third-order valence-electron chi connectivity index (χ3n) is 7.53. The molecular formula is C28H30N6O6S2. The van der Waals surface area contributed by atoms with Gasteiger partial charge in [0.25, 0.3) is 9.84 Å². The molecule has 14 heteroatoms. The maximum absolute atomic E-state index is 13.1. The number of likely N-dealkylation sites (tertiary alicyclic amines) is 1. The summed E-state index contributed by atoms with van der Waals surface area (Å²) in [5.74, 6) is 0.559. The normalized spacial score (nSPS) is 16.6. The molecular weight excluding hydrogens is 580 g/mol. The number of fused-ring (bicyclic) bond motifs is 1. The number of para-hydroxylation sites is 1. The van der Waals surface area contributed by atoms with E-state index in [2.05, 4.69) is 20.1 Å². The van der Waals surface area contributed by atoms with Crippen LogP contribution in [0.15, 0.2) is 74.3 Å². The molecule has 0 atom stereocenters. The van der Waals surface area contributed by atoms with Gasteiger partial charge in [0.2, 0.25) is 5.91 Å². The molecule has 1 saturated carbocycles. The lowest BCUT2D eigenvalue weighted by molar-refractivity contribution is -0.832. The number of carbonyl (C=O) groups is 1. The lowest BCUT2D eigenvalue weighted by Gasteiger charge is -2.31. The van der Waals surface area contributed by atoms with E-state index in [0.29, 0.717) is 37.1 Å². The zero-order valence-corrected chi connectivity index (χ0v) is 24.3. The second-order valence-electron chi connectivity index (χ2n) is 10.3. The van der Waals surface area contributed by atoms with Crippen LogP contribution in [0.2, 0.25) is 0 Å². The highest BCUT2D eigenvalue weighted by Gasteiger charge is 2.37. The number of anilines is 1. The minimum atomic E-state index is -4.20. The molecule has 4 aromatic rings. The van der Waals surface area contributed by atoms with Gasteiger partial charge < -0.3 is 20.2 Å². The minimum absolute atomic E-state index is 0.0494. The number of hydrogen-bond acceptors (Lipinski definition) is 11. The Labute approximate surface area is 246 Å². The fourth-order valence-corrected chi connectivity index (χ4v) is 7.35. The summed E-state index contributed by atoms with van der Waals surface area (Å²) in [6.45, 7) is 0.820. The predicted molar refractivity (Wildman–Crippen MR) is 154 cm³/mol. The Morgan fingerprint density at radius 2 is 1.76 bits per heavy atom. The number of nitrogens with zero attached hydrogens (tertiary/aromatic N) is 5. The summed E-state index contributed by atoms with van der Waals surface area (Å²) in [4.78, 5) is 24.0. The number of nitrogens with one attached hydrogen (secondary N) is 1. The summed E-state index contributed by atoms with van der Waals surface area (Å²) in [6.07, 6.45) is 5.11. The van der Waals surface area contributed by atoms with Crippen molar-refractivity contribution >= 4 is 44.2 Å². The molecule has 2 fully saturated rings. The number of piperidine rings is 1. The third-order valence-corrected chi connectivity index (χ3v) is 10.1. The number of ether oxygens (including phenoxy) is 1. The van der Waals surface area contributed by atoms with Crippen LogP contribution in [0.5, 0.6) is 5.88 Å². The van der Waals surface area contributed by atoms with Crippen LogP contribution >= 0.6 is 11.8 Å². The lowest BCUT2D eigenvalue weighted by atomic mass is 10.1. The number of thioether (sulfide) groups is 1. The topological polar surface area (TPSA) is 154 Å². The Morgan fingerprint density at radius 3 is 2.52 bits per heavy atom. The van der Waals surface area contributed by atoms with Gasteiger partial charge in [-0.1, -0.05) is 54.9 Å². The van der Waals surface area contributed by atoms with Gasteiger partial charge in [-0.05, 0) is 42.0 Å². The lowest BCUT2D eigenvalue weighted by Crippen LogP contribution is -2.42. The zero-order valence-electron chi connectivity index (χ0n) is 22.7. The molecule has 1 amide bonds. The van der Waals surface area contributed by atoms with Crippen molar-refractivity contribution in [1.82, 2.24) is 20.0 Å². The Hall–Kier alpha value is -3.91. The summed E-state index contributed by atoms with van der Waals surface area (Å²) in [6, 6.07) is 15.8. The fourth-order valence-electron chi connectivity index (χ4n) is 5.32. The molecule has 42 heavy (non-hydrogen) atoms. The van der Waals surface area contributed by atoms with E-state index in [-0.39, 0.29) is 27.3 Å². The van der Waals surface area contributed by atoms with Crippen LogP contribution in [0.25, 0.3) is 10.9 Å². The third kappa shape index (κ3) is 6.00. The van der Waals surface area contributed by atoms with E-state index >= 15 is 0 Å². The highest BCUT2D eigenvalue weighted by molar-refractivity contribution is 7.99. The maximum Gasteiger partial charge on any atom is 0.415 e. The Balaban J connectivity index is 1.06. The van der Waals surface area contributed by atoms with Gasteiger partial charge in [0, 0.05) is 37.4 Å². The summed E-state index contributed by atoms with van der Waals surface area (Å²) in [5, 5.41) is 20.1. The Kier molecular flexibility index (Phi) is 8.16. The molecule has 0 unspecified atom stereocenters. The number of rotatable bonds is 9. The average Bonchev–Trinajstić information content (AvgIpc) is 3.66. The fraction of sp³-hybridized carbons (Fsp3) is 0.393. The van der Waals surface area contributed by atoms with Crippen LogP contribution < -0.4 is 15.0 Å². The van der Waals surface area contributed by atoms with Gasteiger partial charge in [-0.2, -0.15) is 0 Å². The van der Waals surface area contributed by atoms with Gasteiger partial charge in [0.15, 0.2) is 5.16 Å². The van der Waals surface area contributed by atoms with Gasteiger partial charge in [-0.3, -0.25) is 9.42 Å². The second kappa shape index (κ2) is 12.1. The van der Waals surface area contributed by atoms with Gasteiger partial charge in [-0.15, -0.1) is 0 Å². The number of amides is 1. The first-order valence-corrected chi connectivity index (χ1v) is 16.4. The van der Waals surface area contributed by atoms with Gasteiger partial charge in [0.1, 0.15) is 11.9 Å². The number of sulfone groups is 1. The molecule has 3 heterocycles. The maximum atomic E-state index is 13.1. The van der Waals surface area contributed by atoms with Crippen molar-refractivity contribution in [3.8, 4) is 5.88 Å². The van der Waals surface area contributed by atoms with Crippen LogP contribution in [0.1, 0.15) is 38.5 Å². The molecule has 0 bridgehead atoms. The molecule has 12 nitrogen and oxygen atoms in total. The molecule has 220 valence electrons. The molecule has 6 rings (SSSR count). The van der Waals surface area contributed by atoms with E-state index in [0.717, 1.165) is 29.6 Å². The highest BCUT2D eigenvalue weighted by Crippen LogP contribution is 2.30. The van der Waals surface area contributed by atoms with Crippen molar-refractivity contribution in [3.05, 3.63) is 59.8 Å². The van der Waals surface area contributed by atoms with Crippen LogP contribution in [0.3, 0.4) is 0 Å². The van der Waals surface area contributed by atoms with Crippen molar-refractivity contribution in [2.24, 2.45) is 0 Å². The van der Waals surface area contributed by atoms with E-state index < -0.39 is 21.0 Å². The van der Waals surface area contributed by atoms with E-state index in [1.54, 1.807) is 23.1 Å². The van der Waals surface area contributed by atoms with Crippen LogP contribution in [-0.4, -0.2) is 65.3 Å². The van der Waals surface area contributed by atoms with Crippen LogP contribution in [0, 0.1) is 5.21 Å². The SMILES string of the molecule is O=C(CSc1nc(NC2CCCC2)c2ccccc2n1)N1CCC(Oc2no[n+]([O-])c2S(=O)(=O)c2ccccc2)CC1. The van der Waals surface area contributed by atoms with Gasteiger partial charge >= 0.3 is 10.9 Å². The van der Waals surface area contributed by atoms with E-state index in [1.165, 1.54) is 36.7 Å². The largest absolute Gasteiger partial charge is 0.451 e. The molecule has 2 aromatic heterocycles. The smallest absolute Gasteiger partial charge is 0.415 e. The monoisotopic (exact) mass is 610 g/mol. The number of hydrogen-bond donors (Lipinski definition) is 1. The summed E-state index contributed by atoms with van der Waals surface area (Å²) < 4.78 is 36.4. The quantitative estimate of drug-likeness (QED) is 0.168. The van der Waals surface area contributed by atoms with E-state index in [1.807, 2.05) is 24.3 Å². The Bertz CT molecular complexity index is 1670. The number of benzene rings is 2. The molecule has 2 aromatic carbocycles. The molecule has 1 saturated heterocycles. The average molecular weight is 611 g/mol. The van der Waals surface area contributed by atoms with Crippen molar-refractivity contribution in [1.29, 1.82) is 0 Å². The summed E-state index contributed by atoms with van der Waals surface area (Å²) in [7, 11) is -4.20. The Morgan fingerprint density at radius 1 is 1.05 bits per heavy atom. The van der Waals surface area contributed by atoms with E-state index in [4.69, 9.17) is 9.72 Å². The van der Waals surface area contributed by atoms with Gasteiger partial charge in [-0.25, -0.2) is 18.4 Å². The first-order chi connectivity index (χ1) is 20.4. The van der Waals surface area contributed by atoms with Crippen molar-refractivity contribution in [2.75, 3.05) is 24.2 Å². The summed E-state index contributed by atoms with van der Waals surface area (Å²) in [5.41, 5.74) is 0.835. The first kappa shape index (κ1) is 28.2. The van der Waals surface area contributed by atoms with Crippen LogP contribution in [-0.2, 0) is 14.6 Å². The molecule has 1 aliphatic carbocycles. The zero-order chi connectivity index (χ0) is 29.1.